The molecule has 2 N–H and O–H groups in total. The van der Waals surface area contributed by atoms with E-state index in [2.05, 4.69) is 12.1 Å². The summed E-state index contributed by atoms with van der Waals surface area (Å²) in [5.41, 5.74) is 8.64. The van der Waals surface area contributed by atoms with E-state index in [-0.39, 0.29) is 5.91 Å². The maximum atomic E-state index is 12.6. The standard InChI is InChI=1S/C19H22N2O2/c1-23-18-8-6-15(7-9-18)17-10-11-21(13-17)19(22)16-4-2-14(12-20)3-5-16/h2-9,17H,10-13,20H2,1H3. The highest BCUT2D eigenvalue weighted by atomic mass is 16.5. The van der Waals surface area contributed by atoms with E-state index in [1.165, 1.54) is 5.56 Å². The molecule has 1 fully saturated rings. The first-order valence-corrected chi connectivity index (χ1v) is 7.93. The van der Waals surface area contributed by atoms with Crippen LogP contribution in [0.5, 0.6) is 5.75 Å². The fraction of sp³-hybridized carbons (Fsp3) is 0.316. The number of nitrogens with two attached hydrogens (primary N) is 1. The molecule has 1 aliphatic heterocycles. The number of rotatable bonds is 4. The molecule has 0 spiro atoms. The fourth-order valence-corrected chi connectivity index (χ4v) is 3.06. The molecule has 1 unspecified atom stereocenters. The van der Waals surface area contributed by atoms with Crippen molar-refractivity contribution in [2.24, 2.45) is 5.73 Å². The smallest absolute Gasteiger partial charge is 0.253 e. The van der Waals surface area contributed by atoms with Crippen LogP contribution in [-0.2, 0) is 6.54 Å². The molecular formula is C19H22N2O2. The molecule has 1 amide bonds. The summed E-state index contributed by atoms with van der Waals surface area (Å²) in [6.45, 7) is 2.07. The Morgan fingerprint density at radius 1 is 1.17 bits per heavy atom. The number of methoxy groups -OCH3 is 1. The maximum absolute atomic E-state index is 12.6. The van der Waals surface area contributed by atoms with E-state index in [1.807, 2.05) is 41.3 Å². The minimum Gasteiger partial charge on any atom is -0.497 e. The number of carbonyl (C=O) groups excluding carboxylic acids is 1. The summed E-state index contributed by atoms with van der Waals surface area (Å²) in [6.07, 6.45) is 0.999. The SMILES string of the molecule is COc1ccc(C2CCN(C(=O)c3ccc(CN)cc3)C2)cc1. The predicted octanol–water partition coefficient (Wildman–Crippen LogP) is 2.78. The van der Waals surface area contributed by atoms with Crippen LogP contribution in [0.3, 0.4) is 0 Å². The molecule has 0 bridgehead atoms. The number of hydrogen-bond acceptors (Lipinski definition) is 3. The predicted molar refractivity (Wildman–Crippen MR) is 90.6 cm³/mol. The van der Waals surface area contributed by atoms with Crippen LogP contribution < -0.4 is 10.5 Å². The van der Waals surface area contributed by atoms with E-state index in [9.17, 15) is 4.79 Å². The summed E-state index contributed by atoms with van der Waals surface area (Å²) in [7, 11) is 1.67. The molecular weight excluding hydrogens is 288 g/mol. The van der Waals surface area contributed by atoms with Crippen molar-refractivity contribution in [2.75, 3.05) is 20.2 Å². The van der Waals surface area contributed by atoms with Gasteiger partial charge in [-0.1, -0.05) is 24.3 Å². The summed E-state index contributed by atoms with van der Waals surface area (Å²) in [6, 6.07) is 15.7. The van der Waals surface area contributed by atoms with E-state index >= 15 is 0 Å². The van der Waals surface area contributed by atoms with E-state index in [1.54, 1.807) is 7.11 Å². The highest BCUT2D eigenvalue weighted by molar-refractivity contribution is 5.94. The number of ether oxygens (including phenoxy) is 1. The van der Waals surface area contributed by atoms with Gasteiger partial charge in [0.25, 0.3) is 5.91 Å². The van der Waals surface area contributed by atoms with Crippen LogP contribution in [0.1, 0.15) is 33.8 Å². The van der Waals surface area contributed by atoms with Crippen molar-refractivity contribution < 1.29 is 9.53 Å². The average Bonchev–Trinajstić information content (AvgIpc) is 3.11. The molecule has 0 aliphatic carbocycles. The highest BCUT2D eigenvalue weighted by Gasteiger charge is 2.27. The van der Waals surface area contributed by atoms with Gasteiger partial charge in [-0.3, -0.25) is 4.79 Å². The van der Waals surface area contributed by atoms with Crippen LogP contribution in [0, 0.1) is 0 Å². The normalized spacial score (nSPS) is 17.3. The molecule has 120 valence electrons. The Bertz CT molecular complexity index is 665. The maximum Gasteiger partial charge on any atom is 0.253 e. The van der Waals surface area contributed by atoms with Gasteiger partial charge in [0.05, 0.1) is 7.11 Å². The van der Waals surface area contributed by atoms with Crippen LogP contribution in [0.4, 0.5) is 0 Å². The second kappa shape index (κ2) is 6.84. The second-order valence-electron chi connectivity index (χ2n) is 5.91. The molecule has 1 atom stereocenters. The Hall–Kier alpha value is -2.33. The summed E-state index contributed by atoms with van der Waals surface area (Å²) < 4.78 is 5.19. The van der Waals surface area contributed by atoms with Gasteiger partial charge in [-0.25, -0.2) is 0 Å². The molecule has 2 aromatic rings. The second-order valence-corrected chi connectivity index (χ2v) is 5.91. The number of benzene rings is 2. The first kappa shape index (κ1) is 15.6. The van der Waals surface area contributed by atoms with Crippen LogP contribution >= 0.6 is 0 Å². The molecule has 3 rings (SSSR count). The van der Waals surface area contributed by atoms with Gasteiger partial charge < -0.3 is 15.4 Å². The fourth-order valence-electron chi connectivity index (χ4n) is 3.06. The number of carbonyl (C=O) groups is 1. The van der Waals surface area contributed by atoms with Gasteiger partial charge in [-0.05, 0) is 41.8 Å². The molecule has 1 aliphatic rings. The van der Waals surface area contributed by atoms with Crippen molar-refractivity contribution in [3.8, 4) is 5.75 Å². The number of likely N-dealkylation sites (tertiary alicyclic amines) is 1. The van der Waals surface area contributed by atoms with Crippen molar-refractivity contribution in [3.05, 3.63) is 65.2 Å². The third-order valence-electron chi connectivity index (χ3n) is 4.50. The van der Waals surface area contributed by atoms with Crippen molar-refractivity contribution in [3.63, 3.8) is 0 Å². The first-order chi connectivity index (χ1) is 11.2. The topological polar surface area (TPSA) is 55.6 Å². The van der Waals surface area contributed by atoms with Crippen LogP contribution in [0.2, 0.25) is 0 Å². The Morgan fingerprint density at radius 2 is 1.87 bits per heavy atom. The average molecular weight is 310 g/mol. The molecule has 0 radical (unpaired) electrons. The van der Waals surface area contributed by atoms with Crippen LogP contribution in [0.25, 0.3) is 0 Å². The molecule has 2 aromatic carbocycles. The van der Waals surface area contributed by atoms with Gasteiger partial charge in [0.2, 0.25) is 0 Å². The van der Waals surface area contributed by atoms with Crippen molar-refractivity contribution in [1.82, 2.24) is 4.90 Å². The summed E-state index contributed by atoms with van der Waals surface area (Å²) in [4.78, 5) is 14.5. The van der Waals surface area contributed by atoms with Crippen LogP contribution in [-0.4, -0.2) is 31.0 Å². The summed E-state index contributed by atoms with van der Waals surface area (Å²) in [5.74, 6) is 1.36. The lowest BCUT2D eigenvalue weighted by atomic mass is 9.98. The monoisotopic (exact) mass is 310 g/mol. The van der Waals surface area contributed by atoms with Gasteiger partial charge >= 0.3 is 0 Å². The van der Waals surface area contributed by atoms with E-state index in [4.69, 9.17) is 10.5 Å². The Balaban J connectivity index is 1.67. The number of nitrogens with zero attached hydrogens (tertiary/aromatic N) is 1. The van der Waals surface area contributed by atoms with E-state index in [0.717, 1.165) is 36.4 Å². The Kier molecular flexibility index (Phi) is 4.63. The number of amides is 1. The third-order valence-corrected chi connectivity index (χ3v) is 4.50. The molecule has 23 heavy (non-hydrogen) atoms. The molecule has 4 nitrogen and oxygen atoms in total. The lowest BCUT2D eigenvalue weighted by Crippen LogP contribution is -2.28. The third kappa shape index (κ3) is 3.37. The largest absolute Gasteiger partial charge is 0.497 e. The highest BCUT2D eigenvalue weighted by Crippen LogP contribution is 2.29. The zero-order valence-corrected chi connectivity index (χ0v) is 13.4. The molecule has 0 saturated carbocycles. The molecule has 1 heterocycles. The van der Waals surface area contributed by atoms with Gasteiger partial charge in [-0.2, -0.15) is 0 Å². The van der Waals surface area contributed by atoms with Gasteiger partial charge in [-0.15, -0.1) is 0 Å². The van der Waals surface area contributed by atoms with Gasteiger partial charge in [0, 0.05) is 31.1 Å². The van der Waals surface area contributed by atoms with Crippen molar-refractivity contribution >= 4 is 5.91 Å². The number of hydrogen-bond donors (Lipinski definition) is 1. The van der Waals surface area contributed by atoms with Crippen molar-refractivity contribution in [1.29, 1.82) is 0 Å². The molecule has 0 aromatic heterocycles. The molecule has 4 heteroatoms. The van der Waals surface area contributed by atoms with Crippen molar-refractivity contribution in [2.45, 2.75) is 18.9 Å². The minimum atomic E-state index is 0.101. The lowest BCUT2D eigenvalue weighted by molar-refractivity contribution is 0.0791. The van der Waals surface area contributed by atoms with E-state index < -0.39 is 0 Å². The van der Waals surface area contributed by atoms with Gasteiger partial charge in [0.1, 0.15) is 5.75 Å². The quantitative estimate of drug-likeness (QED) is 0.945. The zero-order chi connectivity index (χ0) is 16.2. The molecule has 1 saturated heterocycles. The van der Waals surface area contributed by atoms with Gasteiger partial charge in [0.15, 0.2) is 0 Å². The summed E-state index contributed by atoms with van der Waals surface area (Å²) >= 11 is 0. The minimum absolute atomic E-state index is 0.101. The Morgan fingerprint density at radius 3 is 2.48 bits per heavy atom. The zero-order valence-electron chi connectivity index (χ0n) is 13.4. The lowest BCUT2D eigenvalue weighted by Gasteiger charge is -2.17. The van der Waals surface area contributed by atoms with E-state index in [0.29, 0.717) is 12.5 Å². The first-order valence-electron chi connectivity index (χ1n) is 7.93. The Labute approximate surface area is 136 Å². The summed E-state index contributed by atoms with van der Waals surface area (Å²) in [5, 5.41) is 0. The van der Waals surface area contributed by atoms with Crippen LogP contribution in [0.15, 0.2) is 48.5 Å².